The molecule has 0 aliphatic carbocycles. The molecule has 0 aliphatic heterocycles. The summed E-state index contributed by atoms with van der Waals surface area (Å²) in [6.07, 6.45) is 1.04. The second kappa shape index (κ2) is 2.36. The van der Waals surface area contributed by atoms with E-state index >= 15 is 0 Å². The summed E-state index contributed by atoms with van der Waals surface area (Å²) in [6, 6.07) is 0. The fourth-order valence-corrected chi connectivity index (χ4v) is 0.901. The number of rotatable bonds is 1. The molecule has 0 radical (unpaired) electrons. The van der Waals surface area contributed by atoms with Crippen LogP contribution in [0.3, 0.4) is 0 Å². The smallest absolute Gasteiger partial charge is 0.257 e. The number of nitro groups is 1. The zero-order valence-electron chi connectivity index (χ0n) is 4.59. The van der Waals surface area contributed by atoms with E-state index in [0.717, 1.165) is 6.20 Å². The van der Waals surface area contributed by atoms with Crippen LogP contribution in [-0.2, 0) is 0 Å². The monoisotopic (exact) mass is 157 g/mol. The Morgan fingerprint density at radius 2 is 2.60 bits per heavy atom. The minimum atomic E-state index is -0.591. The van der Waals surface area contributed by atoms with E-state index < -0.39 is 4.92 Å². The first-order valence-corrected chi connectivity index (χ1v) is 3.01. The van der Waals surface area contributed by atoms with Crippen molar-refractivity contribution in [1.29, 1.82) is 5.39 Å². The first-order chi connectivity index (χ1) is 4.74. The van der Waals surface area contributed by atoms with Crippen LogP contribution in [0.15, 0.2) is 6.20 Å². The van der Waals surface area contributed by atoms with Gasteiger partial charge in [0.2, 0.25) is 6.20 Å². The van der Waals surface area contributed by atoms with E-state index in [2.05, 4.69) is 9.96 Å². The van der Waals surface area contributed by atoms with Gasteiger partial charge in [-0.3, -0.25) is 10.1 Å². The van der Waals surface area contributed by atoms with Crippen molar-refractivity contribution in [3.05, 3.63) is 21.3 Å². The van der Waals surface area contributed by atoms with Crippen LogP contribution in [-0.4, -0.2) is 9.91 Å². The molecule has 0 saturated heterocycles. The fourth-order valence-electron chi connectivity index (χ4n) is 0.387. The van der Waals surface area contributed by atoms with Gasteiger partial charge in [-0.1, -0.05) is 0 Å². The Hall–Kier alpha value is -1.55. The highest BCUT2D eigenvalue weighted by Crippen LogP contribution is 2.26. The molecule has 0 fully saturated rings. The maximum Gasteiger partial charge on any atom is 0.529 e. The van der Waals surface area contributed by atoms with E-state index in [-0.39, 0.29) is 10.1 Å². The molecule has 1 rings (SSSR count). The van der Waals surface area contributed by atoms with Crippen molar-refractivity contribution < 1.29 is 4.92 Å². The molecule has 0 saturated carbocycles. The highest BCUT2D eigenvalue weighted by Gasteiger charge is 2.20. The molecule has 0 amide bonds. The first kappa shape index (κ1) is 6.57. The molecule has 10 heavy (non-hydrogen) atoms. The summed E-state index contributed by atoms with van der Waals surface area (Å²) in [6.45, 7) is 0. The Morgan fingerprint density at radius 1 is 1.90 bits per heavy atom. The van der Waals surface area contributed by atoms with Crippen molar-refractivity contribution in [3.8, 4) is 0 Å². The quantitative estimate of drug-likeness (QED) is 0.351. The van der Waals surface area contributed by atoms with Crippen molar-refractivity contribution in [2.45, 2.75) is 0 Å². The molecule has 0 N–H and O–H groups in total. The summed E-state index contributed by atoms with van der Waals surface area (Å²) < 4.78 is 0. The largest absolute Gasteiger partial charge is 0.529 e. The molecule has 0 aromatic carbocycles. The van der Waals surface area contributed by atoms with Crippen LogP contribution in [0.25, 0.3) is 4.98 Å². The highest BCUT2D eigenvalue weighted by molar-refractivity contribution is 7.18. The van der Waals surface area contributed by atoms with Gasteiger partial charge in [0, 0.05) is 4.98 Å². The lowest BCUT2D eigenvalue weighted by atomic mass is 10.9. The number of nitrogens with zero attached hydrogens (tertiary/aromatic N) is 4. The predicted molar refractivity (Wildman–Crippen MR) is 33.5 cm³/mol. The Balaban J connectivity index is 3.02. The number of aromatic nitrogens is 1. The van der Waals surface area contributed by atoms with Gasteiger partial charge in [0.1, 0.15) is 0 Å². The number of hydrogen-bond donors (Lipinski definition) is 0. The summed E-state index contributed by atoms with van der Waals surface area (Å²) in [5.41, 5.74) is 0. The Labute approximate surface area is 58.9 Å². The maximum atomic E-state index is 9.98. The lowest BCUT2D eigenvalue weighted by Gasteiger charge is -1.73. The lowest BCUT2D eigenvalue weighted by Crippen LogP contribution is -1.80. The van der Waals surface area contributed by atoms with Gasteiger partial charge in [0.25, 0.3) is 0 Å². The molecule has 0 atom stereocenters. The second-order valence-corrected chi connectivity index (χ2v) is 2.33. The molecule has 7 heteroatoms. The highest BCUT2D eigenvalue weighted by atomic mass is 32.1. The maximum absolute atomic E-state index is 9.98. The van der Waals surface area contributed by atoms with Crippen molar-refractivity contribution in [2.24, 2.45) is 0 Å². The van der Waals surface area contributed by atoms with Gasteiger partial charge in [-0.25, -0.2) is 0 Å². The summed E-state index contributed by atoms with van der Waals surface area (Å²) in [5.74, 6) is 0. The van der Waals surface area contributed by atoms with Crippen LogP contribution in [0.2, 0.25) is 0 Å². The minimum Gasteiger partial charge on any atom is -0.257 e. The van der Waals surface area contributed by atoms with Crippen molar-refractivity contribution in [1.82, 2.24) is 4.98 Å². The zero-order valence-corrected chi connectivity index (χ0v) is 5.41. The van der Waals surface area contributed by atoms with Gasteiger partial charge in [-0.15, -0.1) is 0 Å². The van der Waals surface area contributed by atoms with E-state index in [9.17, 15) is 10.1 Å². The van der Waals surface area contributed by atoms with Crippen LogP contribution in [0.4, 0.5) is 10.1 Å². The Bertz CT molecular complexity index is 300. The topological polar surface area (TPSA) is 84.2 Å². The fraction of sp³-hybridized carbons (Fsp3) is 0. The van der Waals surface area contributed by atoms with Crippen LogP contribution in [0.5, 0.6) is 0 Å². The molecule has 1 aromatic rings. The number of hydrogen-bond acceptors (Lipinski definition) is 5. The zero-order chi connectivity index (χ0) is 7.56. The summed E-state index contributed by atoms with van der Waals surface area (Å²) in [7, 11) is 0. The lowest BCUT2D eigenvalue weighted by molar-refractivity contribution is -0.380. The molecular formula is C3HN4O2S+. The third-order valence-electron chi connectivity index (χ3n) is 0.747. The van der Waals surface area contributed by atoms with Gasteiger partial charge < -0.3 is 0 Å². The van der Waals surface area contributed by atoms with Gasteiger partial charge in [-0.05, 0) is 4.98 Å². The number of diazo groups is 1. The van der Waals surface area contributed by atoms with Gasteiger partial charge in [-0.2, -0.15) is 0 Å². The molecule has 0 spiro atoms. The average Bonchev–Trinajstić information content (AvgIpc) is 2.34. The van der Waals surface area contributed by atoms with E-state index in [1.165, 1.54) is 0 Å². The predicted octanol–water partition coefficient (Wildman–Crippen LogP) is 1.54. The molecule has 50 valence electrons. The van der Waals surface area contributed by atoms with E-state index in [1.807, 2.05) is 0 Å². The third kappa shape index (κ3) is 1.06. The number of thiazole rings is 1. The van der Waals surface area contributed by atoms with Crippen LogP contribution < -0.4 is 0 Å². The van der Waals surface area contributed by atoms with Crippen molar-refractivity contribution in [2.75, 3.05) is 0 Å². The van der Waals surface area contributed by atoms with E-state index in [1.54, 1.807) is 0 Å². The van der Waals surface area contributed by atoms with E-state index in [0.29, 0.717) is 11.3 Å². The second-order valence-electron chi connectivity index (χ2n) is 1.34. The third-order valence-corrected chi connectivity index (χ3v) is 1.58. The SMILES string of the molecule is N#[N+]c1ncc([N+](=O)[O-])s1. The summed E-state index contributed by atoms with van der Waals surface area (Å²) in [4.78, 5) is 15.5. The minimum absolute atomic E-state index is 0.00769. The van der Waals surface area contributed by atoms with E-state index in [4.69, 9.17) is 5.39 Å². The average molecular weight is 157 g/mol. The van der Waals surface area contributed by atoms with Gasteiger partial charge in [0.15, 0.2) is 0 Å². The van der Waals surface area contributed by atoms with Crippen LogP contribution in [0.1, 0.15) is 0 Å². The summed E-state index contributed by atoms with van der Waals surface area (Å²) in [5, 5.41) is 17.9. The normalized spacial score (nSPS) is 8.70. The van der Waals surface area contributed by atoms with Gasteiger partial charge in [0.05, 0.1) is 21.7 Å². The van der Waals surface area contributed by atoms with Gasteiger partial charge >= 0.3 is 10.1 Å². The molecule has 1 heterocycles. The first-order valence-electron chi connectivity index (χ1n) is 2.19. The van der Waals surface area contributed by atoms with Crippen LogP contribution >= 0.6 is 11.3 Å². The molecule has 0 unspecified atom stereocenters. The molecular weight excluding hydrogens is 156 g/mol. The molecule has 6 nitrogen and oxygen atoms in total. The standard InChI is InChI=1S/C3HN4O2S/c4-6-3-5-1-2(10-3)7(8)9/h1H/q+1. The van der Waals surface area contributed by atoms with Crippen molar-refractivity contribution >= 4 is 21.5 Å². The Kier molecular flexibility index (Phi) is 1.55. The molecule has 0 bridgehead atoms. The molecule has 1 aromatic heterocycles. The van der Waals surface area contributed by atoms with Crippen LogP contribution in [0, 0.1) is 15.5 Å². The molecule has 0 aliphatic rings. The summed E-state index contributed by atoms with van der Waals surface area (Å²) >= 11 is 0.714. The van der Waals surface area contributed by atoms with Crippen molar-refractivity contribution in [3.63, 3.8) is 0 Å². The Morgan fingerprint density at radius 3 is 2.90 bits per heavy atom.